The van der Waals surface area contributed by atoms with Gasteiger partial charge in [-0.25, -0.2) is 5.43 Å². The molecule has 0 aliphatic carbocycles. The molecule has 5 heteroatoms. The van der Waals surface area contributed by atoms with Crippen LogP contribution in [0.2, 0.25) is 10.0 Å². The van der Waals surface area contributed by atoms with Crippen molar-refractivity contribution in [1.29, 1.82) is 0 Å². The molecule has 2 aromatic carbocycles. The number of halogens is 3. The lowest BCUT2D eigenvalue weighted by atomic mass is 9.99. The van der Waals surface area contributed by atoms with Crippen LogP contribution in [0, 0.1) is 0 Å². The summed E-state index contributed by atoms with van der Waals surface area (Å²) >= 11 is 15.4. The molecule has 2 nitrogen and oxygen atoms in total. The van der Waals surface area contributed by atoms with Crippen LogP contribution >= 0.6 is 39.1 Å². The fraction of sp³-hybridized carbons (Fsp3) is 0.0769. The summed E-state index contributed by atoms with van der Waals surface area (Å²) in [4.78, 5) is 0. The van der Waals surface area contributed by atoms with E-state index in [1.807, 2.05) is 42.5 Å². The van der Waals surface area contributed by atoms with Crippen molar-refractivity contribution in [3.63, 3.8) is 0 Å². The van der Waals surface area contributed by atoms with E-state index in [2.05, 4.69) is 21.4 Å². The van der Waals surface area contributed by atoms with Crippen molar-refractivity contribution >= 4 is 39.1 Å². The van der Waals surface area contributed by atoms with E-state index in [1.165, 1.54) is 0 Å². The van der Waals surface area contributed by atoms with E-state index < -0.39 is 0 Å². The zero-order valence-electron chi connectivity index (χ0n) is 9.33. The predicted molar refractivity (Wildman–Crippen MR) is 79.8 cm³/mol. The van der Waals surface area contributed by atoms with Crippen LogP contribution in [0.4, 0.5) is 0 Å². The first-order chi connectivity index (χ1) is 8.61. The van der Waals surface area contributed by atoms with Crippen molar-refractivity contribution in [2.45, 2.75) is 6.04 Å². The van der Waals surface area contributed by atoms with Gasteiger partial charge in [-0.1, -0.05) is 41.4 Å². The maximum atomic E-state index is 6.09. The van der Waals surface area contributed by atoms with Gasteiger partial charge in [0.15, 0.2) is 0 Å². The Morgan fingerprint density at radius 2 is 1.78 bits per heavy atom. The minimum Gasteiger partial charge on any atom is -0.271 e. The van der Waals surface area contributed by atoms with Crippen molar-refractivity contribution in [1.82, 2.24) is 5.43 Å². The van der Waals surface area contributed by atoms with Crippen LogP contribution in [0.5, 0.6) is 0 Å². The molecule has 0 fully saturated rings. The molecular formula is C13H11BrCl2N2. The van der Waals surface area contributed by atoms with E-state index in [9.17, 15) is 0 Å². The van der Waals surface area contributed by atoms with Gasteiger partial charge in [-0.3, -0.25) is 5.84 Å². The zero-order chi connectivity index (χ0) is 13.1. The summed E-state index contributed by atoms with van der Waals surface area (Å²) in [5.41, 5.74) is 4.74. The average molecular weight is 346 g/mol. The molecular weight excluding hydrogens is 335 g/mol. The van der Waals surface area contributed by atoms with Crippen molar-refractivity contribution in [2.24, 2.45) is 5.84 Å². The molecule has 1 unspecified atom stereocenters. The van der Waals surface area contributed by atoms with E-state index >= 15 is 0 Å². The van der Waals surface area contributed by atoms with E-state index in [0.29, 0.717) is 10.0 Å². The Bertz CT molecular complexity index is 560. The van der Waals surface area contributed by atoms with Crippen molar-refractivity contribution < 1.29 is 0 Å². The predicted octanol–water partition coefficient (Wildman–Crippen LogP) is 4.31. The molecule has 0 aliphatic rings. The lowest BCUT2D eigenvalue weighted by Gasteiger charge is -2.17. The summed E-state index contributed by atoms with van der Waals surface area (Å²) in [5, 5.41) is 1.32. The SMILES string of the molecule is NNC(c1cccc(Cl)c1)c1ccc(Br)c(Cl)c1. The molecule has 0 amide bonds. The highest BCUT2D eigenvalue weighted by molar-refractivity contribution is 9.10. The third-order valence-electron chi connectivity index (χ3n) is 2.63. The maximum absolute atomic E-state index is 6.09. The average Bonchev–Trinajstić information content (AvgIpc) is 2.35. The first-order valence-corrected chi connectivity index (χ1v) is 6.83. The highest BCUT2D eigenvalue weighted by Gasteiger charge is 2.13. The Hall–Kier alpha value is -0.580. The van der Waals surface area contributed by atoms with Crippen LogP contribution in [0.25, 0.3) is 0 Å². The Balaban J connectivity index is 2.42. The van der Waals surface area contributed by atoms with Crippen LogP contribution in [-0.4, -0.2) is 0 Å². The van der Waals surface area contributed by atoms with Gasteiger partial charge >= 0.3 is 0 Å². The van der Waals surface area contributed by atoms with E-state index in [4.69, 9.17) is 29.0 Å². The summed E-state index contributed by atoms with van der Waals surface area (Å²) < 4.78 is 0.856. The number of rotatable bonds is 3. The van der Waals surface area contributed by atoms with E-state index in [1.54, 1.807) is 0 Å². The molecule has 0 aromatic heterocycles. The molecule has 0 saturated carbocycles. The first-order valence-electron chi connectivity index (χ1n) is 5.28. The minimum absolute atomic E-state index is 0.144. The highest BCUT2D eigenvalue weighted by Crippen LogP contribution is 2.29. The van der Waals surface area contributed by atoms with Gasteiger partial charge in [-0.05, 0) is 51.3 Å². The van der Waals surface area contributed by atoms with Gasteiger partial charge in [0, 0.05) is 9.50 Å². The minimum atomic E-state index is -0.144. The molecule has 94 valence electrons. The van der Waals surface area contributed by atoms with Crippen molar-refractivity contribution in [3.05, 3.63) is 68.1 Å². The van der Waals surface area contributed by atoms with Gasteiger partial charge in [0.05, 0.1) is 11.1 Å². The van der Waals surface area contributed by atoms with Crippen molar-refractivity contribution in [2.75, 3.05) is 0 Å². The third kappa shape index (κ3) is 3.05. The van der Waals surface area contributed by atoms with Crippen LogP contribution in [0.1, 0.15) is 17.2 Å². The van der Waals surface area contributed by atoms with Crippen LogP contribution in [0.15, 0.2) is 46.9 Å². The van der Waals surface area contributed by atoms with Gasteiger partial charge in [-0.15, -0.1) is 0 Å². The molecule has 3 N–H and O–H groups in total. The normalized spacial score (nSPS) is 12.4. The zero-order valence-corrected chi connectivity index (χ0v) is 12.4. The van der Waals surface area contributed by atoms with E-state index in [0.717, 1.165) is 15.6 Å². The van der Waals surface area contributed by atoms with Gasteiger partial charge in [0.2, 0.25) is 0 Å². The van der Waals surface area contributed by atoms with E-state index in [-0.39, 0.29) is 6.04 Å². The van der Waals surface area contributed by atoms with Crippen molar-refractivity contribution in [3.8, 4) is 0 Å². The summed E-state index contributed by atoms with van der Waals surface area (Å²) in [6.07, 6.45) is 0. The van der Waals surface area contributed by atoms with Crippen LogP contribution in [0.3, 0.4) is 0 Å². The summed E-state index contributed by atoms with van der Waals surface area (Å²) in [6, 6.07) is 13.1. The number of nitrogens with one attached hydrogen (secondary N) is 1. The monoisotopic (exact) mass is 344 g/mol. The standard InChI is InChI=1S/C13H11BrCl2N2/c14-11-5-4-9(7-12(11)16)13(18-17)8-2-1-3-10(15)6-8/h1-7,13,18H,17H2. The van der Waals surface area contributed by atoms with Gasteiger partial charge in [-0.2, -0.15) is 0 Å². The lowest BCUT2D eigenvalue weighted by Crippen LogP contribution is -2.28. The number of nitrogens with two attached hydrogens (primary N) is 1. The Kier molecular flexibility index (Phi) is 4.65. The Morgan fingerprint density at radius 1 is 1.06 bits per heavy atom. The summed E-state index contributed by atoms with van der Waals surface area (Å²) in [5.74, 6) is 5.63. The van der Waals surface area contributed by atoms with Gasteiger partial charge < -0.3 is 0 Å². The maximum Gasteiger partial charge on any atom is 0.0711 e. The second-order valence-corrected chi connectivity index (χ2v) is 5.53. The smallest absolute Gasteiger partial charge is 0.0711 e. The Morgan fingerprint density at radius 3 is 2.39 bits per heavy atom. The molecule has 0 bridgehead atoms. The number of benzene rings is 2. The fourth-order valence-electron chi connectivity index (χ4n) is 1.76. The van der Waals surface area contributed by atoms with Gasteiger partial charge in [0.25, 0.3) is 0 Å². The second-order valence-electron chi connectivity index (χ2n) is 3.83. The molecule has 2 aromatic rings. The molecule has 2 rings (SSSR count). The highest BCUT2D eigenvalue weighted by atomic mass is 79.9. The van der Waals surface area contributed by atoms with Crippen LogP contribution in [-0.2, 0) is 0 Å². The molecule has 0 heterocycles. The van der Waals surface area contributed by atoms with Gasteiger partial charge in [0.1, 0.15) is 0 Å². The topological polar surface area (TPSA) is 38.0 Å². The molecule has 0 aliphatic heterocycles. The lowest BCUT2D eigenvalue weighted by molar-refractivity contribution is 0.637. The quantitative estimate of drug-likeness (QED) is 0.642. The largest absolute Gasteiger partial charge is 0.271 e. The second kappa shape index (κ2) is 6.04. The first kappa shape index (κ1) is 13.8. The summed E-state index contributed by atoms with van der Waals surface area (Å²) in [6.45, 7) is 0. The molecule has 0 saturated heterocycles. The molecule has 18 heavy (non-hydrogen) atoms. The molecule has 0 spiro atoms. The molecule has 0 radical (unpaired) electrons. The Labute approximate surface area is 124 Å². The van der Waals surface area contributed by atoms with Crippen LogP contribution < -0.4 is 11.3 Å². The third-order valence-corrected chi connectivity index (χ3v) is 4.09. The summed E-state index contributed by atoms with van der Waals surface area (Å²) in [7, 11) is 0. The number of hydrogen-bond acceptors (Lipinski definition) is 2. The molecule has 1 atom stereocenters. The number of hydrogen-bond donors (Lipinski definition) is 2. The number of hydrazine groups is 1. The fourth-order valence-corrected chi connectivity index (χ4v) is 2.40.